The highest BCUT2D eigenvalue weighted by Crippen LogP contribution is 2.36. The summed E-state index contributed by atoms with van der Waals surface area (Å²) in [6.45, 7) is -0.470. The normalized spacial score (nSPS) is 39.3. The topological polar surface area (TPSA) is 94.3 Å². The van der Waals surface area contributed by atoms with E-state index >= 15 is 0 Å². The third kappa shape index (κ3) is 2.77. The molecule has 2 heterocycles. The van der Waals surface area contributed by atoms with Crippen LogP contribution in [0.2, 0.25) is 0 Å². The Kier molecular flexibility index (Phi) is 4.79. The molecule has 1 saturated heterocycles. The molecule has 2 rings (SSSR count). The van der Waals surface area contributed by atoms with Crippen LogP contribution in [0.3, 0.4) is 0 Å². The number of hydrogen-bond donors (Lipinski definition) is 4. The van der Waals surface area contributed by atoms with Gasteiger partial charge in [0.2, 0.25) is 0 Å². The van der Waals surface area contributed by atoms with Crippen molar-refractivity contribution in [1.82, 2.24) is 5.32 Å². The molecule has 0 aromatic rings. The van der Waals surface area contributed by atoms with Crippen LogP contribution in [-0.4, -0.2) is 70.1 Å². The highest BCUT2D eigenvalue weighted by molar-refractivity contribution is 8.14. The fourth-order valence-electron chi connectivity index (χ4n) is 2.03. The van der Waals surface area contributed by atoms with Gasteiger partial charge >= 0.3 is 0 Å². The summed E-state index contributed by atoms with van der Waals surface area (Å²) in [6, 6.07) is -0.554. The summed E-state index contributed by atoms with van der Waals surface area (Å²) in [5.41, 5.74) is -0.401. The van der Waals surface area contributed by atoms with E-state index in [-0.39, 0.29) is 19.6 Å². The van der Waals surface area contributed by atoms with Crippen molar-refractivity contribution in [2.45, 2.75) is 36.2 Å². The van der Waals surface area contributed by atoms with Crippen molar-refractivity contribution in [3.63, 3.8) is 0 Å². The van der Waals surface area contributed by atoms with Crippen molar-refractivity contribution >= 4 is 16.9 Å². The van der Waals surface area contributed by atoms with Crippen molar-refractivity contribution in [1.29, 1.82) is 0 Å². The lowest BCUT2D eigenvalue weighted by molar-refractivity contribution is -0.156. The van der Waals surface area contributed by atoms with Gasteiger partial charge in [-0.25, -0.2) is 4.39 Å². The van der Waals surface area contributed by atoms with Gasteiger partial charge in [0, 0.05) is 13.2 Å². The number of ether oxygens (including phenoxy) is 1. The first-order valence-electron chi connectivity index (χ1n) is 5.84. The third-order valence-electron chi connectivity index (χ3n) is 2.95. The Balaban J connectivity index is 1.99. The number of amidine groups is 1. The lowest BCUT2D eigenvalue weighted by atomic mass is 9.96. The van der Waals surface area contributed by atoms with Crippen molar-refractivity contribution < 1.29 is 24.4 Å². The predicted octanol–water partition coefficient (Wildman–Crippen LogP) is -1.15. The fourth-order valence-corrected chi connectivity index (χ4v) is 3.18. The number of nitrogens with zero attached hydrogens (tertiary/aromatic N) is 1. The summed E-state index contributed by atoms with van der Waals surface area (Å²) in [6.07, 6.45) is -2.44. The average molecular weight is 280 g/mol. The van der Waals surface area contributed by atoms with Gasteiger partial charge in [-0.15, -0.1) is 0 Å². The van der Waals surface area contributed by atoms with E-state index in [9.17, 15) is 14.6 Å². The van der Waals surface area contributed by atoms with Crippen LogP contribution in [0.4, 0.5) is 4.39 Å². The van der Waals surface area contributed by atoms with Gasteiger partial charge in [-0.2, -0.15) is 0 Å². The first kappa shape index (κ1) is 14.0. The van der Waals surface area contributed by atoms with Gasteiger partial charge in [-0.1, -0.05) is 11.8 Å². The van der Waals surface area contributed by atoms with Crippen molar-refractivity contribution in [3.8, 4) is 0 Å². The largest absolute Gasteiger partial charge is 0.396 e. The molecule has 18 heavy (non-hydrogen) atoms. The maximum Gasteiger partial charge on any atom is 0.159 e. The minimum absolute atomic E-state index is 0.121. The molecule has 0 amide bonds. The summed E-state index contributed by atoms with van der Waals surface area (Å²) in [7, 11) is 0. The Labute approximate surface area is 108 Å². The standard InChI is InChI=1S/C10H17FN2O4S/c11-2-3-12-10-13-6-8(16)7(15)5(1-4-14)17-9(6)18-10/h5-9,14-16H,1-4H2,(H,12,13)/t5-,6-,7-,8-,9-/m1/s1. The minimum Gasteiger partial charge on any atom is -0.396 e. The highest BCUT2D eigenvalue weighted by atomic mass is 32.2. The second-order valence-electron chi connectivity index (χ2n) is 4.19. The number of halogens is 1. The van der Waals surface area contributed by atoms with E-state index in [4.69, 9.17) is 9.84 Å². The molecule has 0 radical (unpaired) electrons. The van der Waals surface area contributed by atoms with Crippen molar-refractivity contribution in [2.75, 3.05) is 19.8 Å². The van der Waals surface area contributed by atoms with Gasteiger partial charge in [0.05, 0.1) is 6.10 Å². The van der Waals surface area contributed by atoms with Crippen molar-refractivity contribution in [2.24, 2.45) is 4.99 Å². The summed E-state index contributed by atoms with van der Waals surface area (Å²) in [4.78, 5) is 4.18. The van der Waals surface area contributed by atoms with E-state index in [1.807, 2.05) is 0 Å². The van der Waals surface area contributed by atoms with E-state index in [1.165, 1.54) is 11.8 Å². The minimum atomic E-state index is -1.07. The van der Waals surface area contributed by atoms with Gasteiger partial charge in [0.25, 0.3) is 0 Å². The summed E-state index contributed by atoms with van der Waals surface area (Å²) >= 11 is 1.27. The van der Waals surface area contributed by atoms with Crippen molar-refractivity contribution in [3.05, 3.63) is 0 Å². The number of aliphatic imine (C=N–C) groups is 1. The maximum absolute atomic E-state index is 12.0. The second kappa shape index (κ2) is 6.16. The quantitative estimate of drug-likeness (QED) is 0.519. The zero-order valence-corrected chi connectivity index (χ0v) is 10.5. The van der Waals surface area contributed by atoms with E-state index < -0.39 is 36.5 Å². The average Bonchev–Trinajstić information content (AvgIpc) is 2.76. The SMILES string of the molecule is OCC[C@H]1O[C@@H]2SC(NCCF)=N[C@@H]2[C@@H](O)[C@@H]1O. The maximum atomic E-state index is 12.0. The van der Waals surface area contributed by atoms with Crippen LogP contribution in [-0.2, 0) is 4.74 Å². The molecular weight excluding hydrogens is 263 g/mol. The Morgan fingerprint density at radius 3 is 2.83 bits per heavy atom. The lowest BCUT2D eigenvalue weighted by Crippen LogP contribution is -2.54. The predicted molar refractivity (Wildman–Crippen MR) is 65.2 cm³/mol. The number of thioether (sulfide) groups is 1. The van der Waals surface area contributed by atoms with Gasteiger partial charge in [-0.3, -0.25) is 4.99 Å². The number of aliphatic hydroxyl groups is 3. The molecule has 0 bridgehead atoms. The zero-order valence-electron chi connectivity index (χ0n) is 9.70. The summed E-state index contributed by atoms with van der Waals surface area (Å²) in [5.74, 6) is 0. The Morgan fingerprint density at radius 1 is 1.39 bits per heavy atom. The first-order valence-corrected chi connectivity index (χ1v) is 6.72. The smallest absolute Gasteiger partial charge is 0.159 e. The van der Waals surface area contributed by atoms with E-state index in [0.29, 0.717) is 5.17 Å². The zero-order chi connectivity index (χ0) is 13.1. The van der Waals surface area contributed by atoms with E-state index in [2.05, 4.69) is 10.3 Å². The first-order chi connectivity index (χ1) is 8.67. The van der Waals surface area contributed by atoms with Crippen LogP contribution in [0.5, 0.6) is 0 Å². The van der Waals surface area contributed by atoms with Gasteiger partial charge in [0.1, 0.15) is 30.4 Å². The molecule has 5 atom stereocenters. The van der Waals surface area contributed by atoms with Gasteiger partial charge < -0.3 is 25.4 Å². The van der Waals surface area contributed by atoms with Gasteiger partial charge in [-0.05, 0) is 6.42 Å². The number of aliphatic hydroxyl groups excluding tert-OH is 3. The Bertz CT molecular complexity index is 320. The van der Waals surface area contributed by atoms with Crippen LogP contribution in [0, 0.1) is 0 Å². The van der Waals surface area contributed by atoms with Crippen LogP contribution in [0.15, 0.2) is 4.99 Å². The molecule has 0 unspecified atom stereocenters. The molecule has 0 spiro atoms. The molecular formula is C10H17FN2O4S. The number of fused-ring (bicyclic) bond motifs is 1. The van der Waals surface area contributed by atoms with E-state index in [1.54, 1.807) is 0 Å². The molecule has 0 saturated carbocycles. The molecule has 4 N–H and O–H groups in total. The lowest BCUT2D eigenvalue weighted by Gasteiger charge is -2.38. The molecule has 2 aliphatic rings. The monoisotopic (exact) mass is 280 g/mol. The molecule has 0 aromatic carbocycles. The third-order valence-corrected chi connectivity index (χ3v) is 4.04. The Hall–Kier alpha value is -0.410. The fraction of sp³-hybridized carbons (Fsp3) is 0.900. The number of rotatable bonds is 4. The number of hydrogen-bond acceptors (Lipinski definition) is 7. The number of nitrogens with one attached hydrogen (secondary N) is 1. The van der Waals surface area contributed by atoms with Crippen LogP contribution < -0.4 is 5.32 Å². The van der Waals surface area contributed by atoms with E-state index in [0.717, 1.165) is 0 Å². The van der Waals surface area contributed by atoms with Crippen LogP contribution in [0.1, 0.15) is 6.42 Å². The van der Waals surface area contributed by atoms with Crippen LogP contribution in [0.25, 0.3) is 0 Å². The number of alkyl halides is 1. The summed E-state index contributed by atoms with van der Waals surface area (Å²) in [5, 5.41) is 32.0. The molecule has 104 valence electrons. The molecule has 0 aliphatic carbocycles. The summed E-state index contributed by atoms with van der Waals surface area (Å²) < 4.78 is 17.6. The van der Waals surface area contributed by atoms with Crippen LogP contribution >= 0.6 is 11.8 Å². The molecule has 6 nitrogen and oxygen atoms in total. The molecule has 0 aromatic heterocycles. The second-order valence-corrected chi connectivity index (χ2v) is 5.28. The molecule has 2 aliphatic heterocycles. The Morgan fingerprint density at radius 2 is 2.17 bits per heavy atom. The van der Waals surface area contributed by atoms with Gasteiger partial charge in [0.15, 0.2) is 5.17 Å². The highest BCUT2D eigenvalue weighted by Gasteiger charge is 2.47. The molecule has 8 heteroatoms. The molecule has 1 fully saturated rings.